The van der Waals surface area contributed by atoms with Crippen LogP contribution in [0.1, 0.15) is 18.7 Å². The molecule has 0 aliphatic rings. The molecule has 2 rings (SSSR count). The van der Waals surface area contributed by atoms with E-state index in [1.165, 1.54) is 0 Å². The molecule has 1 aromatic heterocycles. The lowest BCUT2D eigenvalue weighted by atomic mass is 10.2. The van der Waals surface area contributed by atoms with Crippen LogP contribution in [0.2, 0.25) is 0 Å². The summed E-state index contributed by atoms with van der Waals surface area (Å²) in [5.41, 5.74) is 1.97. The maximum atomic E-state index is 5.73. The first kappa shape index (κ1) is 19.6. The van der Waals surface area contributed by atoms with Crippen molar-refractivity contribution < 1.29 is 9.47 Å². The molecule has 0 atom stereocenters. The predicted octanol–water partition coefficient (Wildman–Crippen LogP) is 6.58. The van der Waals surface area contributed by atoms with Crippen LogP contribution in [0.15, 0.2) is 73.0 Å². The minimum Gasteiger partial charge on any atom is -0.491 e. The summed E-state index contributed by atoms with van der Waals surface area (Å²) in [5, 5.41) is 0.944. The first-order valence-corrected chi connectivity index (χ1v) is 9.21. The van der Waals surface area contributed by atoms with Crippen molar-refractivity contribution in [1.29, 1.82) is 0 Å². The third kappa shape index (κ3) is 4.09. The number of benzene rings is 1. The number of rotatable bonds is 8. The zero-order valence-corrected chi connectivity index (χ0v) is 16.5. The summed E-state index contributed by atoms with van der Waals surface area (Å²) >= 11 is 1.62. The van der Waals surface area contributed by atoms with Crippen molar-refractivity contribution in [3.8, 4) is 11.5 Å². The Labute approximate surface area is 160 Å². The monoisotopic (exact) mass is 367 g/mol. The molecule has 136 valence electrons. The van der Waals surface area contributed by atoms with Crippen LogP contribution in [0, 0.1) is 0 Å². The predicted molar refractivity (Wildman–Crippen MR) is 114 cm³/mol. The number of ether oxygens (including phenoxy) is 2. The largest absolute Gasteiger partial charge is 0.491 e. The summed E-state index contributed by atoms with van der Waals surface area (Å²) in [6.45, 7) is 7.98. The van der Waals surface area contributed by atoms with Crippen molar-refractivity contribution in [2.24, 2.45) is 0 Å². The van der Waals surface area contributed by atoms with Crippen molar-refractivity contribution in [2.75, 3.05) is 19.1 Å². The van der Waals surface area contributed by atoms with Gasteiger partial charge in [0.05, 0.1) is 19.1 Å². The summed E-state index contributed by atoms with van der Waals surface area (Å²) in [5.74, 6) is 1.45. The van der Waals surface area contributed by atoms with E-state index in [1.807, 2.05) is 68.5 Å². The summed E-state index contributed by atoms with van der Waals surface area (Å²) in [6, 6.07) is 10.2. The van der Waals surface area contributed by atoms with E-state index in [-0.39, 0.29) is 0 Å². The maximum absolute atomic E-state index is 5.73. The van der Waals surface area contributed by atoms with Gasteiger partial charge in [0.25, 0.3) is 0 Å². The summed E-state index contributed by atoms with van der Waals surface area (Å²) in [4.78, 5) is 3.14. The zero-order chi connectivity index (χ0) is 18.9. The fourth-order valence-electron chi connectivity index (χ4n) is 2.58. The number of methoxy groups -OCH3 is 2. The molecule has 0 spiro atoms. The molecule has 4 heteroatoms. The van der Waals surface area contributed by atoms with E-state index >= 15 is 0 Å². The Morgan fingerprint density at radius 3 is 2.27 bits per heavy atom. The third-order valence-corrected chi connectivity index (χ3v) is 4.80. The minimum atomic E-state index is 0.711. The highest BCUT2D eigenvalue weighted by molar-refractivity contribution is 7.18. The van der Waals surface area contributed by atoms with Gasteiger partial charge in [-0.05, 0) is 44.2 Å². The van der Waals surface area contributed by atoms with Gasteiger partial charge in [-0.25, -0.2) is 0 Å². The Balaban J connectivity index is 2.76. The fraction of sp³-hybridized carbons (Fsp3) is 0.182. The van der Waals surface area contributed by atoms with Gasteiger partial charge in [0.2, 0.25) is 0 Å². The van der Waals surface area contributed by atoms with Crippen LogP contribution in [0.5, 0.6) is 11.5 Å². The van der Waals surface area contributed by atoms with Gasteiger partial charge in [-0.1, -0.05) is 43.0 Å². The Hall–Kier alpha value is -2.72. The molecule has 26 heavy (non-hydrogen) atoms. The fourth-order valence-corrected chi connectivity index (χ4v) is 3.83. The van der Waals surface area contributed by atoms with Crippen LogP contribution >= 0.6 is 11.3 Å². The quantitative estimate of drug-likeness (QED) is 0.492. The number of anilines is 2. The molecule has 0 bridgehead atoms. The third-order valence-electron chi connectivity index (χ3n) is 3.70. The van der Waals surface area contributed by atoms with Crippen molar-refractivity contribution in [1.82, 2.24) is 0 Å². The molecular weight excluding hydrogens is 342 g/mol. The van der Waals surface area contributed by atoms with E-state index < -0.39 is 0 Å². The van der Waals surface area contributed by atoms with Crippen LogP contribution in [-0.4, -0.2) is 14.2 Å². The number of nitrogens with zero attached hydrogens (tertiary/aromatic N) is 1. The SMILES string of the molecule is C=C/C(=C\C=C/C)N(c1ccccc1)c1sc(/C=C/C)c(OC)c1OC. The average molecular weight is 368 g/mol. The van der Waals surface area contributed by atoms with Gasteiger partial charge in [0.1, 0.15) is 5.00 Å². The Morgan fingerprint density at radius 1 is 1.04 bits per heavy atom. The molecule has 0 amide bonds. The lowest BCUT2D eigenvalue weighted by Crippen LogP contribution is -2.14. The molecule has 0 saturated carbocycles. The van der Waals surface area contributed by atoms with E-state index in [1.54, 1.807) is 25.6 Å². The lowest BCUT2D eigenvalue weighted by Gasteiger charge is -2.25. The molecule has 0 radical (unpaired) electrons. The number of thiophene rings is 1. The van der Waals surface area contributed by atoms with E-state index in [9.17, 15) is 0 Å². The standard InChI is InChI=1S/C22H25NO2S/c1-6-9-14-17(8-3)23(18-15-11-10-12-16-18)22-21(25-5)20(24-4)19(26-22)13-7-2/h6-16H,3H2,1-2,4-5H3/b9-6-,13-7+,17-14+. The molecule has 3 nitrogen and oxygen atoms in total. The van der Waals surface area contributed by atoms with Crippen molar-refractivity contribution in [2.45, 2.75) is 13.8 Å². The highest BCUT2D eigenvalue weighted by atomic mass is 32.1. The minimum absolute atomic E-state index is 0.711. The smallest absolute Gasteiger partial charge is 0.197 e. The molecule has 0 saturated heterocycles. The average Bonchev–Trinajstić information content (AvgIpc) is 3.02. The molecule has 0 aliphatic heterocycles. The van der Waals surface area contributed by atoms with Gasteiger partial charge in [0, 0.05) is 11.4 Å². The van der Waals surface area contributed by atoms with E-state index in [4.69, 9.17) is 9.47 Å². The molecular formula is C22H25NO2S. The second-order valence-corrected chi connectivity index (χ2v) is 6.36. The van der Waals surface area contributed by atoms with Crippen LogP contribution in [-0.2, 0) is 0 Å². The van der Waals surface area contributed by atoms with Crippen LogP contribution in [0.3, 0.4) is 0 Å². The molecule has 0 N–H and O–H groups in total. The van der Waals surface area contributed by atoms with Crippen LogP contribution in [0.4, 0.5) is 10.7 Å². The highest BCUT2D eigenvalue weighted by Gasteiger charge is 2.25. The first-order chi connectivity index (χ1) is 12.7. The maximum Gasteiger partial charge on any atom is 0.197 e. The Morgan fingerprint density at radius 2 is 1.73 bits per heavy atom. The first-order valence-electron chi connectivity index (χ1n) is 8.39. The Bertz CT molecular complexity index is 816. The molecule has 0 fully saturated rings. The van der Waals surface area contributed by atoms with Gasteiger partial charge in [-0.15, -0.1) is 11.3 Å². The van der Waals surface area contributed by atoms with E-state index in [0.29, 0.717) is 5.75 Å². The number of hydrogen-bond donors (Lipinski definition) is 0. The van der Waals surface area contributed by atoms with Gasteiger partial charge in [-0.2, -0.15) is 0 Å². The number of hydrogen-bond acceptors (Lipinski definition) is 4. The van der Waals surface area contributed by atoms with Gasteiger partial charge >= 0.3 is 0 Å². The normalized spacial score (nSPS) is 11.9. The Kier molecular flexibility index (Phi) is 7.30. The number of para-hydroxylation sites is 1. The topological polar surface area (TPSA) is 21.7 Å². The van der Waals surface area contributed by atoms with Gasteiger partial charge in [-0.3, -0.25) is 4.90 Å². The van der Waals surface area contributed by atoms with Gasteiger partial charge < -0.3 is 9.47 Å². The van der Waals surface area contributed by atoms with Crippen molar-refractivity contribution in [3.05, 3.63) is 77.9 Å². The molecule has 1 aromatic carbocycles. The number of allylic oxidation sites excluding steroid dienone is 5. The van der Waals surface area contributed by atoms with Crippen molar-refractivity contribution >= 4 is 28.1 Å². The molecule has 2 aromatic rings. The molecule has 0 unspecified atom stereocenters. The second kappa shape index (κ2) is 9.68. The van der Waals surface area contributed by atoms with E-state index in [2.05, 4.69) is 23.6 Å². The lowest BCUT2D eigenvalue weighted by molar-refractivity contribution is 0.358. The molecule has 1 heterocycles. The summed E-state index contributed by atoms with van der Waals surface area (Å²) in [6.07, 6.45) is 11.9. The highest BCUT2D eigenvalue weighted by Crippen LogP contribution is 2.51. The summed E-state index contributed by atoms with van der Waals surface area (Å²) < 4.78 is 11.4. The van der Waals surface area contributed by atoms with Crippen LogP contribution < -0.4 is 14.4 Å². The van der Waals surface area contributed by atoms with Crippen LogP contribution in [0.25, 0.3) is 6.08 Å². The van der Waals surface area contributed by atoms with E-state index in [0.717, 1.165) is 27.0 Å². The zero-order valence-electron chi connectivity index (χ0n) is 15.7. The summed E-state index contributed by atoms with van der Waals surface area (Å²) in [7, 11) is 3.33. The molecule has 0 aliphatic carbocycles. The van der Waals surface area contributed by atoms with Gasteiger partial charge in [0.15, 0.2) is 11.5 Å². The second-order valence-electron chi connectivity index (χ2n) is 5.33. The van der Waals surface area contributed by atoms with Crippen molar-refractivity contribution in [3.63, 3.8) is 0 Å².